The lowest BCUT2D eigenvalue weighted by molar-refractivity contribution is -0.139. The monoisotopic (exact) mass is 499 g/mol. The number of ketones is 1. The zero-order chi connectivity index (χ0) is 26.8. The topological polar surface area (TPSA) is 145 Å². The minimum absolute atomic E-state index is 0.170. The Labute approximate surface area is 211 Å². The molecule has 0 aliphatic heterocycles. The molecule has 0 bridgehead atoms. The third-order valence-corrected chi connectivity index (χ3v) is 5.98. The van der Waals surface area contributed by atoms with Gasteiger partial charge in [-0.2, -0.15) is 0 Å². The Balaban J connectivity index is 4.39. The number of Topliss-reactive ketones (excluding diaryl/α,β-unsaturated/α-hetero) is 1. The lowest BCUT2D eigenvalue weighted by Crippen LogP contribution is -2.59. The minimum Gasteiger partial charge on any atom is -0.391 e. The van der Waals surface area contributed by atoms with Gasteiger partial charge in [0.05, 0.1) is 6.10 Å². The lowest BCUT2D eigenvalue weighted by Gasteiger charge is -2.27. The van der Waals surface area contributed by atoms with E-state index in [1.54, 1.807) is 13.8 Å². The molecule has 0 spiro atoms. The second kappa shape index (κ2) is 19.2. The zero-order valence-corrected chi connectivity index (χ0v) is 22.4. The Morgan fingerprint density at radius 3 is 1.54 bits per heavy atom. The van der Waals surface area contributed by atoms with Crippen molar-refractivity contribution in [1.29, 1.82) is 0 Å². The second-order valence-corrected chi connectivity index (χ2v) is 9.81. The van der Waals surface area contributed by atoms with E-state index in [2.05, 4.69) is 22.9 Å². The fourth-order valence-electron chi connectivity index (χ4n) is 3.81. The van der Waals surface area contributed by atoms with Gasteiger partial charge in [-0.3, -0.25) is 19.2 Å². The highest BCUT2D eigenvalue weighted by Gasteiger charge is 2.32. The number of nitrogens with one attached hydrogen (secondary N) is 3. The Hall–Kier alpha value is -2.00. The number of carbonyl (C=O) groups excluding carboxylic acids is 4. The highest BCUT2D eigenvalue weighted by atomic mass is 16.3. The first-order valence-electron chi connectivity index (χ1n) is 13.3. The molecule has 0 aromatic carbocycles. The number of aliphatic hydroxyl groups is 2. The molecule has 35 heavy (non-hydrogen) atoms. The van der Waals surface area contributed by atoms with E-state index >= 15 is 0 Å². The predicted molar refractivity (Wildman–Crippen MR) is 136 cm³/mol. The third kappa shape index (κ3) is 15.6. The summed E-state index contributed by atoms with van der Waals surface area (Å²) in [7, 11) is 0. The molecule has 4 atom stereocenters. The van der Waals surface area contributed by atoms with Crippen LogP contribution in [0.4, 0.5) is 0 Å². The number of amides is 3. The molecule has 2 unspecified atom stereocenters. The number of carbonyl (C=O) groups is 4. The van der Waals surface area contributed by atoms with Crippen LogP contribution < -0.4 is 16.0 Å². The molecule has 0 radical (unpaired) electrons. The van der Waals surface area contributed by atoms with Crippen LogP contribution in [0.5, 0.6) is 0 Å². The Morgan fingerprint density at radius 1 is 0.657 bits per heavy atom. The largest absolute Gasteiger partial charge is 0.391 e. The lowest BCUT2D eigenvalue weighted by atomic mass is 10.0. The highest BCUT2D eigenvalue weighted by molar-refractivity contribution is 5.94. The third-order valence-electron chi connectivity index (χ3n) is 5.98. The van der Waals surface area contributed by atoms with Gasteiger partial charge in [-0.25, -0.2) is 0 Å². The molecule has 0 saturated heterocycles. The van der Waals surface area contributed by atoms with Gasteiger partial charge in [0.15, 0.2) is 12.0 Å². The van der Waals surface area contributed by atoms with Crippen molar-refractivity contribution >= 4 is 23.5 Å². The molecule has 0 saturated carbocycles. The number of aliphatic hydroxyl groups excluding tert-OH is 2. The van der Waals surface area contributed by atoms with E-state index < -0.39 is 47.9 Å². The summed E-state index contributed by atoms with van der Waals surface area (Å²) >= 11 is 0. The van der Waals surface area contributed by atoms with Crippen LogP contribution in [0.15, 0.2) is 0 Å². The molecule has 0 aromatic heterocycles. The van der Waals surface area contributed by atoms with Crippen LogP contribution in [0.25, 0.3) is 0 Å². The van der Waals surface area contributed by atoms with Gasteiger partial charge in [0.1, 0.15) is 12.1 Å². The van der Waals surface area contributed by atoms with Gasteiger partial charge < -0.3 is 26.2 Å². The van der Waals surface area contributed by atoms with E-state index in [-0.39, 0.29) is 12.3 Å². The van der Waals surface area contributed by atoms with Crippen LogP contribution >= 0.6 is 0 Å². The fourth-order valence-corrected chi connectivity index (χ4v) is 3.81. The quantitative estimate of drug-likeness (QED) is 0.129. The van der Waals surface area contributed by atoms with Crippen molar-refractivity contribution in [3.8, 4) is 0 Å². The van der Waals surface area contributed by atoms with E-state index in [1.807, 2.05) is 0 Å². The van der Waals surface area contributed by atoms with Crippen LogP contribution in [-0.2, 0) is 19.2 Å². The van der Waals surface area contributed by atoms with Gasteiger partial charge in [0.2, 0.25) is 17.7 Å². The number of hydrogen-bond donors (Lipinski definition) is 5. The van der Waals surface area contributed by atoms with Crippen molar-refractivity contribution in [3.63, 3.8) is 0 Å². The van der Waals surface area contributed by atoms with E-state index in [9.17, 15) is 29.4 Å². The molecule has 9 heteroatoms. The van der Waals surface area contributed by atoms with E-state index in [0.717, 1.165) is 19.3 Å². The van der Waals surface area contributed by atoms with Gasteiger partial charge in [-0.05, 0) is 19.3 Å². The average molecular weight is 500 g/mol. The highest BCUT2D eigenvalue weighted by Crippen LogP contribution is 2.12. The molecule has 0 rings (SSSR count). The first-order chi connectivity index (χ1) is 16.5. The molecule has 0 fully saturated rings. The van der Waals surface area contributed by atoms with Gasteiger partial charge >= 0.3 is 0 Å². The fraction of sp³-hybridized carbons (Fsp3) is 0.846. The first-order valence-corrected chi connectivity index (χ1v) is 13.3. The maximum absolute atomic E-state index is 12.6. The molecular formula is C26H49N3O6. The predicted octanol–water partition coefficient (Wildman–Crippen LogP) is 2.72. The van der Waals surface area contributed by atoms with Crippen molar-refractivity contribution < 1.29 is 29.4 Å². The van der Waals surface area contributed by atoms with E-state index in [4.69, 9.17) is 0 Å². The van der Waals surface area contributed by atoms with Crippen molar-refractivity contribution in [2.75, 3.05) is 0 Å². The first kappa shape index (κ1) is 33.0. The average Bonchev–Trinajstić information content (AvgIpc) is 2.78. The molecule has 0 aliphatic carbocycles. The van der Waals surface area contributed by atoms with Crippen LogP contribution in [-0.4, -0.2) is 58.1 Å². The molecule has 3 amide bonds. The molecule has 204 valence electrons. The van der Waals surface area contributed by atoms with Gasteiger partial charge in [0.25, 0.3) is 0 Å². The van der Waals surface area contributed by atoms with Gasteiger partial charge in [-0.15, -0.1) is 0 Å². The van der Waals surface area contributed by atoms with Crippen molar-refractivity contribution in [2.24, 2.45) is 5.92 Å². The van der Waals surface area contributed by atoms with E-state index in [0.29, 0.717) is 6.42 Å². The number of hydrogen-bond acceptors (Lipinski definition) is 6. The molecule has 0 heterocycles. The van der Waals surface area contributed by atoms with Crippen molar-refractivity contribution in [2.45, 2.75) is 136 Å². The maximum Gasteiger partial charge on any atom is 0.245 e. The SMILES string of the molecule is CCCCCCCCCCCCCC(=O)C(O)NC(=O)[C@@H](NC(=O)[C@@H](NC(C)=O)C(C)O)C(C)C. The summed E-state index contributed by atoms with van der Waals surface area (Å²) in [5.41, 5.74) is 0. The maximum atomic E-state index is 12.6. The summed E-state index contributed by atoms with van der Waals surface area (Å²) in [6.07, 6.45) is 10.0. The molecule has 9 nitrogen and oxygen atoms in total. The van der Waals surface area contributed by atoms with Gasteiger partial charge in [-0.1, -0.05) is 85.0 Å². The molecular weight excluding hydrogens is 450 g/mol. The Bertz CT molecular complexity index is 639. The summed E-state index contributed by atoms with van der Waals surface area (Å²) < 4.78 is 0. The van der Waals surface area contributed by atoms with Crippen LogP contribution in [0.1, 0.15) is 112 Å². The summed E-state index contributed by atoms with van der Waals surface area (Å²) in [6.45, 7) is 8.17. The second-order valence-electron chi connectivity index (χ2n) is 9.81. The van der Waals surface area contributed by atoms with Crippen LogP contribution in [0, 0.1) is 5.92 Å². The standard InChI is InChI=1S/C26H49N3O6/c1-6-7-8-9-10-11-12-13-14-15-16-17-21(32)24(33)29-25(34)22(18(2)3)28-26(35)23(19(4)30)27-20(5)31/h18-19,22-24,30,33H,6-17H2,1-5H3,(H,27,31)(H,28,35)(H,29,34)/t19?,22-,23-,24?/m0/s1. The summed E-state index contributed by atoms with van der Waals surface area (Å²) in [5.74, 6) is -2.77. The Morgan fingerprint density at radius 2 is 1.11 bits per heavy atom. The van der Waals surface area contributed by atoms with Crippen molar-refractivity contribution in [1.82, 2.24) is 16.0 Å². The zero-order valence-electron chi connectivity index (χ0n) is 22.4. The number of unbranched alkanes of at least 4 members (excludes halogenated alkanes) is 10. The van der Waals surface area contributed by atoms with Crippen LogP contribution in [0.2, 0.25) is 0 Å². The molecule has 0 aromatic rings. The molecule has 0 aliphatic rings. The van der Waals surface area contributed by atoms with E-state index in [1.165, 1.54) is 58.8 Å². The molecule has 5 N–H and O–H groups in total. The van der Waals surface area contributed by atoms with Crippen molar-refractivity contribution in [3.05, 3.63) is 0 Å². The number of rotatable bonds is 20. The van der Waals surface area contributed by atoms with Crippen LogP contribution in [0.3, 0.4) is 0 Å². The van der Waals surface area contributed by atoms with Gasteiger partial charge in [0, 0.05) is 13.3 Å². The summed E-state index contributed by atoms with van der Waals surface area (Å²) in [4.78, 5) is 48.7. The summed E-state index contributed by atoms with van der Waals surface area (Å²) in [6, 6.07) is -2.28. The summed E-state index contributed by atoms with van der Waals surface area (Å²) in [5, 5.41) is 27.0. The Kier molecular flexibility index (Phi) is 18.1. The normalized spacial score (nSPS) is 14.6. The minimum atomic E-state index is -1.65. The smallest absolute Gasteiger partial charge is 0.245 e.